The van der Waals surface area contributed by atoms with Crippen molar-refractivity contribution in [3.8, 4) is 5.88 Å². The molecule has 96 valence electrons. The minimum Gasteiger partial charge on any atom is -0.475 e. The predicted octanol–water partition coefficient (Wildman–Crippen LogP) is 1.58. The van der Waals surface area contributed by atoms with Crippen molar-refractivity contribution >= 4 is 0 Å². The number of hydrogen-bond donors (Lipinski definition) is 1. The van der Waals surface area contributed by atoms with Crippen LogP contribution in [-0.4, -0.2) is 25.3 Å². The maximum atomic E-state index is 12.4. The summed E-state index contributed by atoms with van der Waals surface area (Å²) < 4.78 is 47.1. The number of ether oxygens (including phenoxy) is 2. The summed E-state index contributed by atoms with van der Waals surface area (Å²) in [6, 6.07) is 2.14. The lowest BCUT2D eigenvalue weighted by Crippen LogP contribution is -2.13. The lowest BCUT2D eigenvalue weighted by Gasteiger charge is -2.12. The zero-order valence-electron chi connectivity index (χ0n) is 9.25. The largest absolute Gasteiger partial charge is 0.475 e. The average Bonchev–Trinajstić information content (AvgIpc) is 2.28. The van der Waals surface area contributed by atoms with E-state index in [4.69, 9.17) is 15.2 Å². The van der Waals surface area contributed by atoms with Crippen molar-refractivity contribution in [1.29, 1.82) is 0 Å². The highest BCUT2D eigenvalue weighted by molar-refractivity contribution is 5.29. The number of alkyl halides is 3. The third kappa shape index (κ3) is 3.86. The third-order valence-electron chi connectivity index (χ3n) is 1.98. The van der Waals surface area contributed by atoms with E-state index in [0.29, 0.717) is 5.56 Å². The van der Waals surface area contributed by atoms with Gasteiger partial charge in [-0.15, -0.1) is 0 Å². The zero-order chi connectivity index (χ0) is 12.9. The van der Waals surface area contributed by atoms with Crippen LogP contribution >= 0.6 is 0 Å². The highest BCUT2D eigenvalue weighted by atomic mass is 19.4. The van der Waals surface area contributed by atoms with E-state index in [-0.39, 0.29) is 25.6 Å². The van der Waals surface area contributed by atoms with Crippen LogP contribution in [0.15, 0.2) is 12.1 Å². The average molecular weight is 250 g/mol. The van der Waals surface area contributed by atoms with Crippen LogP contribution in [0.4, 0.5) is 13.2 Å². The molecule has 1 aromatic heterocycles. The minimum absolute atomic E-state index is 0.0629. The second-order valence-electron chi connectivity index (χ2n) is 3.20. The molecule has 0 aliphatic carbocycles. The van der Waals surface area contributed by atoms with Gasteiger partial charge in [-0.1, -0.05) is 6.07 Å². The van der Waals surface area contributed by atoms with E-state index in [9.17, 15) is 13.2 Å². The molecule has 4 nitrogen and oxygen atoms in total. The molecule has 0 unspecified atom stereocenters. The molecular formula is C10H13F3N2O2. The minimum atomic E-state index is -4.49. The van der Waals surface area contributed by atoms with E-state index in [1.165, 1.54) is 13.2 Å². The highest BCUT2D eigenvalue weighted by Gasteiger charge is 2.33. The van der Waals surface area contributed by atoms with E-state index >= 15 is 0 Å². The van der Waals surface area contributed by atoms with Crippen LogP contribution in [0.1, 0.15) is 11.3 Å². The Hall–Kier alpha value is -1.34. The number of halogens is 3. The number of hydrogen-bond acceptors (Lipinski definition) is 4. The molecule has 17 heavy (non-hydrogen) atoms. The number of nitrogens with zero attached hydrogens (tertiary/aromatic N) is 1. The Morgan fingerprint density at radius 3 is 2.53 bits per heavy atom. The predicted molar refractivity (Wildman–Crippen MR) is 54.5 cm³/mol. The van der Waals surface area contributed by atoms with Crippen LogP contribution in [0, 0.1) is 0 Å². The van der Waals surface area contributed by atoms with Crippen molar-refractivity contribution < 1.29 is 22.6 Å². The molecule has 0 fully saturated rings. The van der Waals surface area contributed by atoms with Gasteiger partial charge in [-0.25, -0.2) is 4.98 Å². The van der Waals surface area contributed by atoms with Crippen molar-refractivity contribution in [3.63, 3.8) is 0 Å². The van der Waals surface area contributed by atoms with E-state index in [1.54, 1.807) is 0 Å². The van der Waals surface area contributed by atoms with Gasteiger partial charge in [0.05, 0.1) is 6.61 Å². The van der Waals surface area contributed by atoms with Crippen molar-refractivity contribution in [2.45, 2.75) is 12.7 Å². The Kier molecular flexibility index (Phi) is 4.71. The van der Waals surface area contributed by atoms with Crippen LogP contribution in [-0.2, 0) is 17.5 Å². The van der Waals surface area contributed by atoms with Crippen LogP contribution in [0.2, 0.25) is 0 Å². The zero-order valence-corrected chi connectivity index (χ0v) is 9.25. The summed E-state index contributed by atoms with van der Waals surface area (Å²) in [5.41, 5.74) is 4.81. The second-order valence-corrected chi connectivity index (χ2v) is 3.20. The molecule has 1 rings (SSSR count). The van der Waals surface area contributed by atoms with Gasteiger partial charge in [-0.05, 0) is 6.07 Å². The van der Waals surface area contributed by atoms with E-state index in [0.717, 1.165) is 6.07 Å². The van der Waals surface area contributed by atoms with Crippen LogP contribution in [0.3, 0.4) is 0 Å². The van der Waals surface area contributed by atoms with Gasteiger partial charge in [0.15, 0.2) is 0 Å². The number of methoxy groups -OCH3 is 1. The quantitative estimate of drug-likeness (QED) is 0.806. The molecule has 0 amide bonds. The molecule has 1 heterocycles. The molecule has 2 N–H and O–H groups in total. The maximum Gasteiger partial charge on any atom is 0.433 e. The fraction of sp³-hybridized carbons (Fsp3) is 0.500. The fourth-order valence-electron chi connectivity index (χ4n) is 1.13. The number of nitrogens with two attached hydrogens (primary N) is 1. The summed E-state index contributed by atoms with van der Waals surface area (Å²) >= 11 is 0. The van der Waals surface area contributed by atoms with Gasteiger partial charge in [0.25, 0.3) is 0 Å². The van der Waals surface area contributed by atoms with Gasteiger partial charge in [-0.3, -0.25) is 0 Å². The van der Waals surface area contributed by atoms with E-state index < -0.39 is 11.9 Å². The number of pyridine rings is 1. The summed E-state index contributed by atoms with van der Waals surface area (Å²) in [4.78, 5) is 3.40. The molecule has 0 radical (unpaired) electrons. The monoisotopic (exact) mass is 250 g/mol. The summed E-state index contributed by atoms with van der Waals surface area (Å²) in [5, 5.41) is 0. The normalized spacial score (nSPS) is 11.6. The Morgan fingerprint density at radius 2 is 2.00 bits per heavy atom. The first kappa shape index (κ1) is 13.7. The van der Waals surface area contributed by atoms with Gasteiger partial charge in [0.1, 0.15) is 12.3 Å². The smallest absolute Gasteiger partial charge is 0.433 e. The second kappa shape index (κ2) is 5.83. The molecule has 0 aromatic carbocycles. The van der Waals surface area contributed by atoms with E-state index in [2.05, 4.69) is 4.98 Å². The third-order valence-corrected chi connectivity index (χ3v) is 1.98. The molecule has 7 heteroatoms. The number of aromatic nitrogens is 1. The van der Waals surface area contributed by atoms with Crippen molar-refractivity contribution in [2.24, 2.45) is 5.73 Å². The molecular weight excluding hydrogens is 237 g/mol. The highest BCUT2D eigenvalue weighted by Crippen LogP contribution is 2.30. The molecule has 1 aromatic rings. The topological polar surface area (TPSA) is 57.4 Å². The lowest BCUT2D eigenvalue weighted by molar-refractivity contribution is -0.141. The summed E-state index contributed by atoms with van der Waals surface area (Å²) in [6.07, 6.45) is -4.49. The van der Waals surface area contributed by atoms with Crippen LogP contribution in [0.25, 0.3) is 0 Å². The molecule has 0 saturated carbocycles. The van der Waals surface area contributed by atoms with Gasteiger partial charge in [0, 0.05) is 19.2 Å². The Balaban J connectivity index is 2.90. The van der Waals surface area contributed by atoms with E-state index in [1.807, 2.05) is 0 Å². The Bertz CT molecular complexity index is 369. The molecule has 0 atom stereocenters. The van der Waals surface area contributed by atoms with Crippen molar-refractivity contribution in [2.75, 3.05) is 20.3 Å². The van der Waals surface area contributed by atoms with Crippen LogP contribution in [0.5, 0.6) is 5.88 Å². The van der Waals surface area contributed by atoms with Gasteiger partial charge >= 0.3 is 6.18 Å². The lowest BCUT2D eigenvalue weighted by atomic mass is 10.2. The first-order chi connectivity index (χ1) is 7.99. The number of rotatable bonds is 5. The fourth-order valence-corrected chi connectivity index (χ4v) is 1.13. The van der Waals surface area contributed by atoms with Crippen molar-refractivity contribution in [3.05, 3.63) is 23.4 Å². The van der Waals surface area contributed by atoms with Gasteiger partial charge in [-0.2, -0.15) is 13.2 Å². The van der Waals surface area contributed by atoms with Gasteiger partial charge in [0.2, 0.25) is 5.88 Å². The first-order valence-electron chi connectivity index (χ1n) is 4.88. The summed E-state index contributed by atoms with van der Waals surface area (Å²) in [6.45, 7) is 0.452. The SMILES string of the molecule is COCCOc1nc(C(F)(F)F)ccc1CN. The first-order valence-corrected chi connectivity index (χ1v) is 4.88. The Morgan fingerprint density at radius 1 is 1.29 bits per heavy atom. The molecule has 0 aliphatic rings. The van der Waals surface area contributed by atoms with Gasteiger partial charge < -0.3 is 15.2 Å². The van der Waals surface area contributed by atoms with Crippen LogP contribution < -0.4 is 10.5 Å². The summed E-state index contributed by atoms with van der Waals surface area (Å²) in [7, 11) is 1.47. The summed E-state index contributed by atoms with van der Waals surface area (Å²) in [5.74, 6) is -0.0978. The molecule has 0 saturated heterocycles. The maximum absolute atomic E-state index is 12.4. The molecule has 0 aliphatic heterocycles. The molecule has 0 spiro atoms. The Labute approximate surface area is 96.5 Å². The standard InChI is InChI=1S/C10H13F3N2O2/c1-16-4-5-17-9-7(6-14)2-3-8(15-9)10(11,12)13/h2-3H,4-6,14H2,1H3. The van der Waals surface area contributed by atoms with Crippen molar-refractivity contribution in [1.82, 2.24) is 4.98 Å². The molecule has 0 bridgehead atoms.